The Labute approximate surface area is 155 Å². The van der Waals surface area contributed by atoms with Gasteiger partial charge in [-0.3, -0.25) is 9.69 Å². The summed E-state index contributed by atoms with van der Waals surface area (Å²) < 4.78 is 11.1. The van der Waals surface area contributed by atoms with Gasteiger partial charge >= 0.3 is 0 Å². The number of hydrogen-bond acceptors (Lipinski definition) is 4. The zero-order valence-corrected chi connectivity index (χ0v) is 15.5. The van der Waals surface area contributed by atoms with Crippen molar-refractivity contribution in [2.45, 2.75) is 57.0 Å². The van der Waals surface area contributed by atoms with Gasteiger partial charge in [-0.15, -0.1) is 0 Å². The van der Waals surface area contributed by atoms with Crippen molar-refractivity contribution in [1.29, 1.82) is 0 Å². The molecule has 5 heterocycles. The number of likely N-dealkylation sites (tertiary alicyclic amines) is 1. The van der Waals surface area contributed by atoms with Crippen molar-refractivity contribution < 1.29 is 14.3 Å². The van der Waals surface area contributed by atoms with Gasteiger partial charge in [0.1, 0.15) is 0 Å². The molecule has 5 heteroatoms. The van der Waals surface area contributed by atoms with E-state index < -0.39 is 0 Å². The van der Waals surface area contributed by atoms with Gasteiger partial charge in [-0.1, -0.05) is 19.4 Å². The fraction of sp³-hybridized carbons (Fsp3) is 0.667. The lowest BCUT2D eigenvalue weighted by atomic mass is 9.75. The first-order chi connectivity index (χ1) is 12.8. The molecular weight excluding hydrogens is 328 g/mol. The first-order valence-electron chi connectivity index (χ1n) is 10.2. The molecule has 140 valence electrons. The van der Waals surface area contributed by atoms with Crippen LogP contribution in [0.15, 0.2) is 18.2 Å². The molecule has 0 unspecified atom stereocenters. The van der Waals surface area contributed by atoms with E-state index in [0.717, 1.165) is 30.9 Å². The van der Waals surface area contributed by atoms with Crippen LogP contribution in [0.25, 0.3) is 0 Å². The minimum atomic E-state index is 0.311. The predicted octanol–water partition coefficient (Wildman–Crippen LogP) is 2.99. The number of piperidine rings is 3. The summed E-state index contributed by atoms with van der Waals surface area (Å²) in [4.78, 5) is 17.8. The monoisotopic (exact) mass is 356 g/mol. The van der Waals surface area contributed by atoms with Crippen molar-refractivity contribution in [2.24, 2.45) is 5.92 Å². The van der Waals surface area contributed by atoms with Gasteiger partial charge in [-0.2, -0.15) is 0 Å². The van der Waals surface area contributed by atoms with Crippen LogP contribution in [-0.4, -0.2) is 54.2 Å². The SMILES string of the molecule is CCCCC(=O)N1C[C@H](c2ccc3c(c2)OCO3)[C@@H]2[C@H]1C1CCN2CC1. The Balaban J connectivity index is 1.47. The highest BCUT2D eigenvalue weighted by molar-refractivity contribution is 5.77. The summed E-state index contributed by atoms with van der Waals surface area (Å²) in [5, 5.41) is 0. The van der Waals surface area contributed by atoms with Crippen molar-refractivity contribution >= 4 is 5.91 Å². The summed E-state index contributed by atoms with van der Waals surface area (Å²) in [5.41, 5.74) is 1.29. The number of benzene rings is 1. The summed E-state index contributed by atoms with van der Waals surface area (Å²) in [6.07, 6.45) is 5.25. The van der Waals surface area contributed by atoms with E-state index in [1.807, 2.05) is 6.07 Å². The van der Waals surface area contributed by atoms with Crippen LogP contribution in [0.2, 0.25) is 0 Å². The highest BCUT2D eigenvalue weighted by atomic mass is 16.7. The van der Waals surface area contributed by atoms with Crippen LogP contribution in [0.4, 0.5) is 0 Å². The molecule has 0 radical (unpaired) electrons. The second kappa shape index (κ2) is 6.45. The predicted molar refractivity (Wildman–Crippen MR) is 98.4 cm³/mol. The first-order valence-corrected chi connectivity index (χ1v) is 10.2. The molecule has 0 N–H and O–H groups in total. The highest BCUT2D eigenvalue weighted by Gasteiger charge is 2.54. The van der Waals surface area contributed by atoms with Crippen LogP contribution >= 0.6 is 0 Å². The van der Waals surface area contributed by atoms with E-state index in [2.05, 4.69) is 28.9 Å². The van der Waals surface area contributed by atoms with E-state index in [1.54, 1.807) is 0 Å². The van der Waals surface area contributed by atoms with Crippen molar-refractivity contribution in [2.75, 3.05) is 26.4 Å². The first kappa shape index (κ1) is 16.4. The average Bonchev–Trinajstić information content (AvgIpc) is 3.32. The molecule has 1 aromatic rings. The van der Waals surface area contributed by atoms with E-state index in [4.69, 9.17) is 9.47 Å². The number of rotatable bonds is 4. The Kier molecular flexibility index (Phi) is 4.07. The van der Waals surface area contributed by atoms with Gasteiger partial charge in [0.25, 0.3) is 0 Å². The maximum atomic E-state index is 13.0. The number of fused-ring (bicyclic) bond motifs is 3. The van der Waals surface area contributed by atoms with E-state index >= 15 is 0 Å². The molecule has 5 aliphatic rings. The van der Waals surface area contributed by atoms with Gasteiger partial charge < -0.3 is 14.4 Å². The van der Waals surface area contributed by atoms with Crippen LogP contribution in [0.3, 0.4) is 0 Å². The fourth-order valence-corrected chi connectivity index (χ4v) is 5.61. The van der Waals surface area contributed by atoms with Crippen molar-refractivity contribution in [3.05, 3.63) is 23.8 Å². The number of carbonyl (C=O) groups is 1. The lowest BCUT2D eigenvalue weighted by Crippen LogP contribution is -2.60. The molecule has 0 spiro atoms. The van der Waals surface area contributed by atoms with Gasteiger partial charge in [-0.05, 0) is 56.0 Å². The molecule has 0 saturated carbocycles. The second-order valence-corrected chi connectivity index (χ2v) is 8.22. The maximum Gasteiger partial charge on any atom is 0.231 e. The zero-order chi connectivity index (χ0) is 17.7. The van der Waals surface area contributed by atoms with Crippen molar-refractivity contribution in [3.63, 3.8) is 0 Å². The third-order valence-electron chi connectivity index (χ3n) is 6.88. The van der Waals surface area contributed by atoms with Gasteiger partial charge in [0.2, 0.25) is 12.7 Å². The van der Waals surface area contributed by atoms with Crippen LogP contribution in [-0.2, 0) is 4.79 Å². The molecule has 1 amide bonds. The maximum absolute atomic E-state index is 13.0. The molecular formula is C21H28N2O3. The normalized spacial score (nSPS) is 34.2. The third-order valence-corrected chi connectivity index (χ3v) is 6.88. The van der Waals surface area contributed by atoms with E-state index in [-0.39, 0.29) is 0 Å². The van der Waals surface area contributed by atoms with Gasteiger partial charge in [0.15, 0.2) is 11.5 Å². The number of carbonyl (C=O) groups excluding carboxylic acids is 1. The summed E-state index contributed by atoms with van der Waals surface area (Å²) in [6.45, 7) is 5.69. The second-order valence-electron chi connectivity index (χ2n) is 8.22. The molecule has 4 saturated heterocycles. The molecule has 1 aromatic carbocycles. The van der Waals surface area contributed by atoms with Crippen LogP contribution < -0.4 is 9.47 Å². The number of ether oxygens (including phenoxy) is 2. The molecule has 5 nitrogen and oxygen atoms in total. The molecule has 2 bridgehead atoms. The summed E-state index contributed by atoms with van der Waals surface area (Å²) in [7, 11) is 0. The summed E-state index contributed by atoms with van der Waals surface area (Å²) >= 11 is 0. The van der Waals surface area contributed by atoms with Crippen LogP contribution in [0.5, 0.6) is 11.5 Å². The molecule has 4 fully saturated rings. The number of hydrogen-bond donors (Lipinski definition) is 0. The molecule has 0 aliphatic carbocycles. The standard InChI is InChI=1S/C21H28N2O3/c1-2-3-4-19(24)23-12-16(15-5-6-17-18(11-15)26-13-25-17)21-20(23)14-7-9-22(21)10-8-14/h5-6,11,14,16,20-21H,2-4,7-10,12-13H2,1H3/t16-,20-,21-/m1/s1. The Morgan fingerprint density at radius 2 is 1.96 bits per heavy atom. The largest absolute Gasteiger partial charge is 0.454 e. The minimum Gasteiger partial charge on any atom is -0.454 e. The van der Waals surface area contributed by atoms with Crippen LogP contribution in [0.1, 0.15) is 50.5 Å². The van der Waals surface area contributed by atoms with E-state index in [0.29, 0.717) is 43.0 Å². The smallest absolute Gasteiger partial charge is 0.231 e. The van der Waals surface area contributed by atoms with Gasteiger partial charge in [0, 0.05) is 24.9 Å². The molecule has 6 rings (SSSR count). The quantitative estimate of drug-likeness (QED) is 0.832. The van der Waals surface area contributed by atoms with Crippen LogP contribution in [0, 0.1) is 5.92 Å². The average molecular weight is 356 g/mol. The molecule has 26 heavy (non-hydrogen) atoms. The van der Waals surface area contributed by atoms with Crippen molar-refractivity contribution in [1.82, 2.24) is 9.80 Å². The van der Waals surface area contributed by atoms with Gasteiger partial charge in [-0.25, -0.2) is 0 Å². The minimum absolute atomic E-state index is 0.311. The Bertz CT molecular complexity index is 698. The lowest BCUT2D eigenvalue weighted by Gasteiger charge is -2.51. The Hall–Kier alpha value is -1.75. The zero-order valence-electron chi connectivity index (χ0n) is 15.5. The topological polar surface area (TPSA) is 42.0 Å². The number of nitrogens with zero attached hydrogens (tertiary/aromatic N) is 2. The number of amides is 1. The van der Waals surface area contributed by atoms with E-state index in [1.165, 1.54) is 31.5 Å². The highest BCUT2D eigenvalue weighted by Crippen LogP contribution is 2.48. The molecule has 0 aromatic heterocycles. The Morgan fingerprint density at radius 3 is 2.77 bits per heavy atom. The third kappa shape index (κ3) is 2.51. The number of unbranched alkanes of at least 4 members (excludes halogenated alkanes) is 1. The summed E-state index contributed by atoms with van der Waals surface area (Å²) in [5.74, 6) is 3.10. The van der Waals surface area contributed by atoms with Gasteiger partial charge in [0.05, 0.1) is 6.04 Å². The lowest BCUT2D eigenvalue weighted by molar-refractivity contribution is -0.136. The fourth-order valence-electron chi connectivity index (χ4n) is 5.61. The van der Waals surface area contributed by atoms with E-state index in [9.17, 15) is 4.79 Å². The molecule has 3 atom stereocenters. The van der Waals surface area contributed by atoms with Crippen molar-refractivity contribution in [3.8, 4) is 11.5 Å². The summed E-state index contributed by atoms with van der Waals surface area (Å²) in [6, 6.07) is 7.22. The Morgan fingerprint density at radius 1 is 1.15 bits per heavy atom. The molecule has 5 aliphatic heterocycles.